The average Bonchev–Trinajstić information content (AvgIpc) is 3.04. The highest BCUT2D eigenvalue weighted by Crippen LogP contribution is 2.29. The first-order valence-corrected chi connectivity index (χ1v) is 8.13. The predicted octanol–water partition coefficient (Wildman–Crippen LogP) is 3.38. The molecule has 0 aliphatic heterocycles. The van der Waals surface area contributed by atoms with Crippen LogP contribution >= 0.6 is 11.3 Å². The minimum absolute atomic E-state index is 0.0333. The molecule has 0 atom stereocenters. The summed E-state index contributed by atoms with van der Waals surface area (Å²) in [6, 6.07) is 4.91. The molecule has 0 unspecified atom stereocenters. The summed E-state index contributed by atoms with van der Waals surface area (Å²) < 4.78 is 0. The Labute approximate surface area is 146 Å². The van der Waals surface area contributed by atoms with Gasteiger partial charge in [-0.3, -0.25) is 25.2 Å². The monoisotopic (exact) mass is 355 g/mol. The third-order valence-electron chi connectivity index (χ3n) is 3.44. The van der Waals surface area contributed by atoms with E-state index in [0.717, 1.165) is 0 Å². The van der Waals surface area contributed by atoms with Crippen LogP contribution in [0.5, 0.6) is 0 Å². The summed E-state index contributed by atoms with van der Waals surface area (Å²) in [6.45, 7) is 3.46. The first-order valence-electron chi connectivity index (χ1n) is 7.25. The van der Waals surface area contributed by atoms with Crippen molar-refractivity contribution in [2.75, 3.05) is 5.32 Å². The molecule has 8 nitrogen and oxygen atoms in total. The highest BCUT2D eigenvalue weighted by atomic mass is 32.1. The molecule has 0 aliphatic rings. The van der Waals surface area contributed by atoms with E-state index in [0.29, 0.717) is 27.6 Å². The zero-order valence-corrected chi connectivity index (χ0v) is 14.2. The van der Waals surface area contributed by atoms with Crippen LogP contribution in [0.4, 0.5) is 10.8 Å². The van der Waals surface area contributed by atoms with Crippen LogP contribution in [0.3, 0.4) is 0 Å². The Morgan fingerprint density at radius 3 is 2.72 bits per heavy atom. The number of aromatic nitrogens is 3. The largest absolute Gasteiger partial charge is 0.296 e. The summed E-state index contributed by atoms with van der Waals surface area (Å²) in [4.78, 5) is 35.1. The van der Waals surface area contributed by atoms with Crippen LogP contribution in [-0.2, 0) is 0 Å². The molecular weight excluding hydrogens is 342 g/mol. The quantitative estimate of drug-likeness (QED) is 0.567. The lowest BCUT2D eigenvalue weighted by molar-refractivity contribution is -0.385. The van der Waals surface area contributed by atoms with Gasteiger partial charge in [0.05, 0.1) is 22.5 Å². The number of aryl methyl sites for hydroxylation is 2. The molecular formula is C16H13N5O3S. The number of rotatable bonds is 4. The number of carbonyl (C=O) groups excluding carboxylic acids is 1. The molecule has 0 saturated heterocycles. The van der Waals surface area contributed by atoms with Crippen molar-refractivity contribution in [1.29, 1.82) is 0 Å². The van der Waals surface area contributed by atoms with E-state index in [-0.39, 0.29) is 11.4 Å². The van der Waals surface area contributed by atoms with Gasteiger partial charge in [0, 0.05) is 28.8 Å². The first-order chi connectivity index (χ1) is 11.9. The van der Waals surface area contributed by atoms with Gasteiger partial charge in [-0.15, -0.1) is 11.3 Å². The van der Waals surface area contributed by atoms with E-state index in [4.69, 9.17) is 0 Å². The number of hydrogen-bond donors (Lipinski definition) is 1. The van der Waals surface area contributed by atoms with Crippen molar-refractivity contribution in [2.45, 2.75) is 13.8 Å². The van der Waals surface area contributed by atoms with Gasteiger partial charge in [0.15, 0.2) is 5.13 Å². The van der Waals surface area contributed by atoms with Crippen LogP contribution in [0, 0.1) is 24.0 Å². The van der Waals surface area contributed by atoms with Crippen molar-refractivity contribution in [1.82, 2.24) is 15.0 Å². The number of amides is 1. The van der Waals surface area contributed by atoms with Crippen LogP contribution in [0.2, 0.25) is 0 Å². The molecule has 3 rings (SSSR count). The second kappa shape index (κ2) is 6.73. The minimum Gasteiger partial charge on any atom is -0.296 e. The summed E-state index contributed by atoms with van der Waals surface area (Å²) in [7, 11) is 0. The molecule has 1 N–H and O–H groups in total. The van der Waals surface area contributed by atoms with Gasteiger partial charge in [0.25, 0.3) is 11.6 Å². The van der Waals surface area contributed by atoms with Crippen molar-refractivity contribution in [3.05, 3.63) is 63.0 Å². The Balaban J connectivity index is 1.81. The lowest BCUT2D eigenvalue weighted by Crippen LogP contribution is -2.13. The van der Waals surface area contributed by atoms with E-state index in [9.17, 15) is 14.9 Å². The normalized spacial score (nSPS) is 10.5. The summed E-state index contributed by atoms with van der Waals surface area (Å²) in [5.74, 6) is -0.414. The van der Waals surface area contributed by atoms with Crippen LogP contribution in [0.25, 0.3) is 11.3 Å². The maximum absolute atomic E-state index is 12.1. The highest BCUT2D eigenvalue weighted by molar-refractivity contribution is 7.14. The number of anilines is 1. The predicted molar refractivity (Wildman–Crippen MR) is 93.7 cm³/mol. The van der Waals surface area contributed by atoms with Gasteiger partial charge in [-0.05, 0) is 13.8 Å². The summed E-state index contributed by atoms with van der Waals surface area (Å²) in [5.41, 5.74) is 2.69. The Hall–Kier alpha value is -3.20. The van der Waals surface area contributed by atoms with Crippen LogP contribution in [0.15, 0.2) is 36.0 Å². The van der Waals surface area contributed by atoms with Gasteiger partial charge in [0.1, 0.15) is 5.69 Å². The van der Waals surface area contributed by atoms with E-state index in [1.807, 2.05) is 0 Å². The van der Waals surface area contributed by atoms with Crippen LogP contribution in [-0.4, -0.2) is 25.8 Å². The van der Waals surface area contributed by atoms with Crippen molar-refractivity contribution in [3.63, 3.8) is 0 Å². The summed E-state index contributed by atoms with van der Waals surface area (Å²) in [5, 5.41) is 15.8. The maximum atomic E-state index is 12.1. The smallest absolute Gasteiger partial charge is 0.277 e. The minimum atomic E-state index is -0.427. The molecule has 2 heterocycles. The second-order valence-corrected chi connectivity index (χ2v) is 6.15. The number of thiazole rings is 1. The van der Waals surface area contributed by atoms with E-state index in [1.54, 1.807) is 31.4 Å². The number of hydrogen-bond acceptors (Lipinski definition) is 7. The van der Waals surface area contributed by atoms with Crippen LogP contribution in [0.1, 0.15) is 21.7 Å². The third-order valence-corrected chi connectivity index (χ3v) is 4.20. The second-order valence-electron chi connectivity index (χ2n) is 5.29. The van der Waals surface area contributed by atoms with Gasteiger partial charge >= 0.3 is 0 Å². The zero-order valence-electron chi connectivity index (χ0n) is 13.4. The van der Waals surface area contributed by atoms with E-state index < -0.39 is 10.8 Å². The number of nitrogens with zero attached hydrogens (tertiary/aromatic N) is 4. The molecule has 126 valence electrons. The van der Waals surface area contributed by atoms with Gasteiger partial charge in [-0.1, -0.05) is 12.1 Å². The SMILES string of the molecule is Cc1cnc(C(=O)Nc2nc(-c3ccc(C)c([N+](=O)[O-])c3)cs2)cn1. The molecule has 0 saturated carbocycles. The highest BCUT2D eigenvalue weighted by Gasteiger charge is 2.15. The fourth-order valence-electron chi connectivity index (χ4n) is 2.10. The summed E-state index contributed by atoms with van der Waals surface area (Å²) >= 11 is 1.23. The molecule has 3 aromatic rings. The summed E-state index contributed by atoms with van der Waals surface area (Å²) in [6.07, 6.45) is 2.90. The number of benzene rings is 1. The third kappa shape index (κ3) is 3.66. The fourth-order valence-corrected chi connectivity index (χ4v) is 2.81. The molecule has 2 aromatic heterocycles. The zero-order chi connectivity index (χ0) is 18.0. The van der Waals surface area contributed by atoms with E-state index >= 15 is 0 Å². The Kier molecular flexibility index (Phi) is 4.48. The standard InChI is InChI=1S/C16H13N5O3S/c1-9-3-4-11(5-14(9)21(23)24)13-8-25-16(19-13)20-15(22)12-7-17-10(2)6-18-12/h3-8H,1-2H3,(H,19,20,22). The molecule has 0 spiro atoms. The van der Waals surface area contributed by atoms with Crippen molar-refractivity contribution >= 4 is 28.1 Å². The van der Waals surface area contributed by atoms with Crippen molar-refractivity contribution in [2.24, 2.45) is 0 Å². The van der Waals surface area contributed by atoms with Crippen LogP contribution < -0.4 is 5.32 Å². The number of carbonyl (C=O) groups is 1. The first kappa shape index (κ1) is 16.7. The Bertz CT molecular complexity index is 953. The number of nitro benzene ring substituents is 1. The van der Waals surface area contributed by atoms with Gasteiger partial charge < -0.3 is 0 Å². The lowest BCUT2D eigenvalue weighted by atomic mass is 10.1. The van der Waals surface area contributed by atoms with Gasteiger partial charge in [0.2, 0.25) is 0 Å². The molecule has 0 radical (unpaired) electrons. The van der Waals surface area contributed by atoms with Crippen molar-refractivity contribution in [3.8, 4) is 11.3 Å². The maximum Gasteiger partial charge on any atom is 0.277 e. The molecule has 1 aromatic carbocycles. The molecule has 9 heteroatoms. The van der Waals surface area contributed by atoms with Crippen molar-refractivity contribution < 1.29 is 9.72 Å². The fraction of sp³-hybridized carbons (Fsp3) is 0.125. The molecule has 0 fully saturated rings. The lowest BCUT2D eigenvalue weighted by Gasteiger charge is -2.01. The molecule has 0 aliphatic carbocycles. The topological polar surface area (TPSA) is 111 Å². The Morgan fingerprint density at radius 1 is 1.24 bits per heavy atom. The van der Waals surface area contributed by atoms with Gasteiger partial charge in [-0.2, -0.15) is 0 Å². The molecule has 25 heavy (non-hydrogen) atoms. The number of nitrogens with one attached hydrogen (secondary N) is 1. The van der Waals surface area contributed by atoms with E-state index in [1.165, 1.54) is 29.8 Å². The number of nitro groups is 1. The molecule has 0 bridgehead atoms. The Morgan fingerprint density at radius 2 is 2.04 bits per heavy atom. The molecule has 1 amide bonds. The average molecular weight is 355 g/mol. The van der Waals surface area contributed by atoms with Gasteiger partial charge in [-0.25, -0.2) is 9.97 Å². The van der Waals surface area contributed by atoms with E-state index in [2.05, 4.69) is 20.3 Å².